The summed E-state index contributed by atoms with van der Waals surface area (Å²) >= 11 is 0. The lowest BCUT2D eigenvalue weighted by Gasteiger charge is -2.29. The number of anilines is 1. The Labute approximate surface area is 323 Å². The molecule has 5 aromatic rings. The van der Waals surface area contributed by atoms with E-state index in [0.29, 0.717) is 43.9 Å². The highest BCUT2D eigenvalue weighted by atomic mass is 16.5. The van der Waals surface area contributed by atoms with Gasteiger partial charge in [0.1, 0.15) is 0 Å². The van der Waals surface area contributed by atoms with Crippen LogP contribution in [0.3, 0.4) is 0 Å². The van der Waals surface area contributed by atoms with Gasteiger partial charge in [0.2, 0.25) is 0 Å². The number of ether oxygens (including phenoxy) is 1. The lowest BCUT2D eigenvalue weighted by Crippen LogP contribution is -2.41. The minimum absolute atomic E-state index is 0.240. The summed E-state index contributed by atoms with van der Waals surface area (Å²) in [5.74, 6) is -0.498. The molecular weight excluding hydrogens is 689 g/mol. The molecule has 4 heterocycles. The summed E-state index contributed by atoms with van der Waals surface area (Å²) in [4.78, 5) is 34.5. The molecule has 0 unspecified atom stereocenters. The molecule has 4 N–H and O–H groups in total. The monoisotopic (exact) mass is 740 g/mol. The molecule has 286 valence electrons. The van der Waals surface area contributed by atoms with Crippen LogP contribution in [0.1, 0.15) is 75.4 Å². The topological polar surface area (TPSA) is 125 Å². The number of pyridine rings is 1. The van der Waals surface area contributed by atoms with Gasteiger partial charge in [-0.3, -0.25) is 14.5 Å². The molecule has 2 aromatic heterocycles. The molecule has 0 spiro atoms. The van der Waals surface area contributed by atoms with Crippen molar-refractivity contribution in [1.82, 2.24) is 35.6 Å². The molecule has 2 saturated heterocycles. The third-order valence-electron chi connectivity index (χ3n) is 10.5. The number of nitrogens with zero attached hydrogens (tertiary/aromatic N) is 4. The van der Waals surface area contributed by atoms with Gasteiger partial charge >= 0.3 is 0 Å². The zero-order valence-corrected chi connectivity index (χ0v) is 32.2. The molecular formula is C44H52N8O3. The van der Waals surface area contributed by atoms with Crippen molar-refractivity contribution in [3.63, 3.8) is 0 Å². The number of hydrogen-bond acceptors (Lipinski definition) is 8. The van der Waals surface area contributed by atoms with E-state index in [2.05, 4.69) is 101 Å². The van der Waals surface area contributed by atoms with E-state index in [-0.39, 0.29) is 24.4 Å². The normalized spacial score (nSPS) is 15.1. The number of benzene rings is 3. The van der Waals surface area contributed by atoms with Gasteiger partial charge in [-0.1, -0.05) is 55.5 Å². The summed E-state index contributed by atoms with van der Waals surface area (Å²) in [5.41, 5.74) is 11.2. The number of hydrogen-bond donors (Lipinski definition) is 4. The third kappa shape index (κ3) is 9.07. The second-order valence-corrected chi connectivity index (χ2v) is 14.6. The molecule has 11 nitrogen and oxygen atoms in total. The second-order valence-electron chi connectivity index (χ2n) is 14.6. The molecule has 2 fully saturated rings. The molecule has 0 bridgehead atoms. The Kier molecular flexibility index (Phi) is 11.9. The SMILES string of the molecule is C=C1CN(Cc2cccc(-c3cc(C)cc(CNC(=O)c4cccc(C(=O)NCc5c(CC)nc6c(cnn6CC)c5NC5CCOCC5)c4)c3)c2)CCN1. The Balaban J connectivity index is 1.02. The molecule has 2 aliphatic heterocycles. The number of fused-ring (bicyclic) bond motifs is 1. The maximum atomic E-state index is 13.6. The number of rotatable bonds is 13. The first-order valence-corrected chi connectivity index (χ1v) is 19.5. The number of amides is 2. The Morgan fingerprint density at radius 1 is 0.927 bits per heavy atom. The van der Waals surface area contributed by atoms with Crippen LogP contribution >= 0.6 is 0 Å². The van der Waals surface area contributed by atoms with Crippen molar-refractivity contribution in [3.05, 3.63) is 124 Å². The Hall–Kier alpha value is -5.52. The van der Waals surface area contributed by atoms with E-state index in [1.807, 2.05) is 10.9 Å². The molecule has 0 atom stereocenters. The van der Waals surface area contributed by atoms with Crippen LogP contribution in [0.2, 0.25) is 0 Å². The van der Waals surface area contributed by atoms with Crippen molar-refractivity contribution < 1.29 is 14.3 Å². The summed E-state index contributed by atoms with van der Waals surface area (Å²) in [6.45, 7) is 16.7. The van der Waals surface area contributed by atoms with Crippen LogP contribution in [0.15, 0.2) is 85.2 Å². The maximum Gasteiger partial charge on any atom is 0.251 e. The van der Waals surface area contributed by atoms with Crippen molar-refractivity contribution in [2.75, 3.05) is 38.2 Å². The first-order valence-electron chi connectivity index (χ1n) is 19.5. The number of piperazine rings is 1. The zero-order chi connectivity index (χ0) is 38.3. The lowest BCUT2D eigenvalue weighted by atomic mass is 9.98. The average molecular weight is 741 g/mol. The standard InChI is InChI=1S/C44H52N8O3/c1-5-40-38(41(49-37-13-17-55-18-14-37)39-26-48-52(6-2)42(39)50-40)25-47-44(54)35-12-8-11-34(23-35)43(53)46-24-32-19-29(3)20-36(22-32)33-10-7-9-31(21-33)28-51-16-15-45-30(4)27-51/h7-12,19-23,26,37,45H,4-6,13-18,24-25,27-28H2,1-3H3,(H,46,53)(H,47,54)(H,49,50). The van der Waals surface area contributed by atoms with E-state index in [1.165, 1.54) is 5.56 Å². The number of aromatic nitrogens is 3. The van der Waals surface area contributed by atoms with Gasteiger partial charge in [-0.05, 0) is 85.7 Å². The first kappa shape index (κ1) is 37.8. The fraction of sp³-hybridized carbons (Fsp3) is 0.364. The van der Waals surface area contributed by atoms with Crippen molar-refractivity contribution >= 4 is 28.5 Å². The lowest BCUT2D eigenvalue weighted by molar-refractivity contribution is 0.0904. The molecule has 11 heteroatoms. The molecule has 0 saturated carbocycles. The van der Waals surface area contributed by atoms with Crippen LogP contribution in [-0.4, -0.2) is 70.4 Å². The quantitative estimate of drug-likeness (QED) is 0.110. The average Bonchev–Trinajstić information content (AvgIpc) is 3.62. The number of nitrogens with one attached hydrogen (secondary N) is 4. The number of carbonyl (C=O) groups excluding carboxylic acids is 2. The van der Waals surface area contributed by atoms with Gasteiger partial charge in [0.05, 0.1) is 17.3 Å². The highest BCUT2D eigenvalue weighted by Gasteiger charge is 2.22. The summed E-state index contributed by atoms with van der Waals surface area (Å²) in [7, 11) is 0. The van der Waals surface area contributed by atoms with Gasteiger partial charge in [-0.15, -0.1) is 0 Å². The van der Waals surface area contributed by atoms with E-state index < -0.39 is 0 Å². The molecule has 0 aliphatic carbocycles. The van der Waals surface area contributed by atoms with E-state index in [0.717, 1.165) is 94.9 Å². The van der Waals surface area contributed by atoms with Gasteiger partial charge in [-0.25, -0.2) is 9.67 Å². The molecule has 7 rings (SSSR count). The summed E-state index contributed by atoms with van der Waals surface area (Å²) in [6, 6.07) is 22.2. The van der Waals surface area contributed by atoms with Crippen LogP contribution in [0, 0.1) is 6.92 Å². The Morgan fingerprint density at radius 3 is 2.42 bits per heavy atom. The van der Waals surface area contributed by atoms with E-state index >= 15 is 0 Å². The molecule has 2 aliphatic rings. The van der Waals surface area contributed by atoms with Gasteiger partial charge in [0, 0.05) is 93.2 Å². The Bertz CT molecular complexity index is 2190. The Morgan fingerprint density at radius 2 is 1.67 bits per heavy atom. The summed E-state index contributed by atoms with van der Waals surface area (Å²) < 4.78 is 7.52. The molecule has 2 amide bonds. The van der Waals surface area contributed by atoms with Gasteiger partial charge in [0.25, 0.3) is 11.8 Å². The summed E-state index contributed by atoms with van der Waals surface area (Å²) in [5, 5.41) is 18.8. The highest BCUT2D eigenvalue weighted by molar-refractivity contribution is 6.00. The fourth-order valence-electron chi connectivity index (χ4n) is 7.63. The minimum atomic E-state index is -0.259. The van der Waals surface area contributed by atoms with E-state index in [9.17, 15) is 9.59 Å². The van der Waals surface area contributed by atoms with Crippen molar-refractivity contribution in [2.45, 2.75) is 72.3 Å². The smallest absolute Gasteiger partial charge is 0.251 e. The van der Waals surface area contributed by atoms with Crippen LogP contribution in [0.5, 0.6) is 0 Å². The molecule has 0 radical (unpaired) electrons. The second kappa shape index (κ2) is 17.3. The van der Waals surface area contributed by atoms with Crippen molar-refractivity contribution in [3.8, 4) is 11.1 Å². The predicted molar refractivity (Wildman–Crippen MR) is 218 cm³/mol. The fourth-order valence-corrected chi connectivity index (χ4v) is 7.63. The number of aryl methyl sites for hydroxylation is 3. The van der Waals surface area contributed by atoms with Crippen LogP contribution < -0.4 is 21.3 Å². The largest absolute Gasteiger partial charge is 0.386 e. The van der Waals surface area contributed by atoms with Gasteiger partial charge < -0.3 is 26.0 Å². The van der Waals surface area contributed by atoms with Gasteiger partial charge in [0.15, 0.2) is 5.65 Å². The van der Waals surface area contributed by atoms with Crippen molar-refractivity contribution in [2.24, 2.45) is 0 Å². The maximum absolute atomic E-state index is 13.6. The molecule has 55 heavy (non-hydrogen) atoms. The van der Waals surface area contributed by atoms with E-state index in [1.54, 1.807) is 24.3 Å². The van der Waals surface area contributed by atoms with Crippen LogP contribution in [0.4, 0.5) is 5.69 Å². The zero-order valence-electron chi connectivity index (χ0n) is 32.2. The van der Waals surface area contributed by atoms with Gasteiger partial charge in [-0.2, -0.15) is 5.10 Å². The minimum Gasteiger partial charge on any atom is -0.386 e. The van der Waals surface area contributed by atoms with E-state index in [4.69, 9.17) is 9.72 Å². The molecule has 3 aromatic carbocycles. The number of carbonyl (C=O) groups is 2. The first-order chi connectivity index (χ1) is 26.8. The third-order valence-corrected chi connectivity index (χ3v) is 10.5. The van der Waals surface area contributed by atoms with Crippen molar-refractivity contribution in [1.29, 1.82) is 0 Å². The van der Waals surface area contributed by atoms with Crippen LogP contribution in [-0.2, 0) is 37.3 Å². The van der Waals surface area contributed by atoms with Crippen LogP contribution in [0.25, 0.3) is 22.2 Å². The predicted octanol–water partition coefficient (Wildman–Crippen LogP) is 6.36. The summed E-state index contributed by atoms with van der Waals surface area (Å²) in [6.07, 6.45) is 4.38. The highest BCUT2D eigenvalue weighted by Crippen LogP contribution is 2.31.